The number of nitrogen functional groups attached to an aromatic ring is 1. The lowest BCUT2D eigenvalue weighted by molar-refractivity contribution is -0.146. The summed E-state index contributed by atoms with van der Waals surface area (Å²) in [6.07, 6.45) is -0.110. The normalized spacial score (nSPS) is 13.2. The van der Waals surface area contributed by atoms with E-state index >= 15 is 0 Å². The maximum atomic E-state index is 12.3. The van der Waals surface area contributed by atoms with Crippen LogP contribution in [0.2, 0.25) is 0 Å². The summed E-state index contributed by atoms with van der Waals surface area (Å²) >= 11 is 0. The predicted molar refractivity (Wildman–Crippen MR) is 80.5 cm³/mol. The van der Waals surface area contributed by atoms with E-state index in [1.54, 1.807) is 13.0 Å². The van der Waals surface area contributed by atoms with Crippen molar-refractivity contribution < 1.29 is 24.2 Å². The van der Waals surface area contributed by atoms with Crippen LogP contribution >= 0.6 is 0 Å². The molecule has 0 radical (unpaired) electrons. The van der Waals surface area contributed by atoms with Crippen LogP contribution < -0.4 is 16.2 Å². The number of hydrogen-bond donors (Lipinski definition) is 3. The van der Waals surface area contributed by atoms with Crippen molar-refractivity contribution in [3.05, 3.63) is 23.8 Å². The van der Waals surface area contributed by atoms with Crippen LogP contribution in [0.5, 0.6) is 5.75 Å². The number of anilines is 1. The quantitative estimate of drug-likeness (QED) is 0.486. The van der Waals surface area contributed by atoms with Gasteiger partial charge in [0.25, 0.3) is 0 Å². The molecule has 0 saturated carbocycles. The molecule has 2 unspecified atom stereocenters. The van der Waals surface area contributed by atoms with Crippen LogP contribution in [0.15, 0.2) is 18.2 Å². The summed E-state index contributed by atoms with van der Waals surface area (Å²) in [7, 11) is 1.44. The van der Waals surface area contributed by atoms with E-state index in [0.29, 0.717) is 5.75 Å². The number of carbonyl (C=O) groups is 3. The molecule has 0 aliphatic carbocycles. The van der Waals surface area contributed by atoms with Crippen molar-refractivity contribution >= 4 is 23.3 Å². The van der Waals surface area contributed by atoms with E-state index in [0.717, 1.165) is 0 Å². The third kappa shape index (κ3) is 3.97. The number of amides is 1. The summed E-state index contributed by atoms with van der Waals surface area (Å²) in [5, 5.41) is 9.27. The summed E-state index contributed by atoms with van der Waals surface area (Å²) in [6, 6.07) is 4.55. The number of aliphatic carboxylic acids is 1. The summed E-state index contributed by atoms with van der Waals surface area (Å²) in [5.74, 6) is -4.09. The molecule has 1 aromatic carbocycles. The van der Waals surface area contributed by atoms with Gasteiger partial charge in [0.2, 0.25) is 5.91 Å². The fourth-order valence-corrected chi connectivity index (χ4v) is 2.30. The standard InChI is InChI=1S/C15H20N2O5/c1-3-9(14(17)19)10(15(20)21)7-13(18)11-6-8(22-2)4-5-12(11)16/h4-6,9-10H,3,7,16H2,1-2H3,(H2,17,19)(H,20,21). The van der Waals surface area contributed by atoms with E-state index in [1.165, 1.54) is 19.2 Å². The second kappa shape index (κ2) is 7.44. The highest BCUT2D eigenvalue weighted by atomic mass is 16.5. The van der Waals surface area contributed by atoms with E-state index in [9.17, 15) is 19.5 Å². The van der Waals surface area contributed by atoms with Crippen LogP contribution in [-0.2, 0) is 9.59 Å². The second-order valence-corrected chi connectivity index (χ2v) is 4.94. The molecule has 1 aromatic rings. The van der Waals surface area contributed by atoms with E-state index in [1.807, 2.05) is 0 Å². The van der Waals surface area contributed by atoms with Gasteiger partial charge in [0.05, 0.1) is 18.9 Å². The Balaban J connectivity index is 3.06. The fourth-order valence-electron chi connectivity index (χ4n) is 2.30. The molecule has 0 fully saturated rings. The highest BCUT2D eigenvalue weighted by Gasteiger charge is 2.33. The Morgan fingerprint density at radius 3 is 2.36 bits per heavy atom. The maximum Gasteiger partial charge on any atom is 0.307 e. The molecule has 0 aromatic heterocycles. The van der Waals surface area contributed by atoms with Gasteiger partial charge in [-0.3, -0.25) is 14.4 Å². The van der Waals surface area contributed by atoms with E-state index in [-0.39, 0.29) is 24.1 Å². The van der Waals surface area contributed by atoms with Crippen molar-refractivity contribution in [1.29, 1.82) is 0 Å². The number of ether oxygens (including phenoxy) is 1. The van der Waals surface area contributed by atoms with Gasteiger partial charge in [0.15, 0.2) is 5.78 Å². The van der Waals surface area contributed by atoms with Crippen LogP contribution in [0.1, 0.15) is 30.1 Å². The number of rotatable bonds is 8. The lowest BCUT2D eigenvalue weighted by atomic mass is 9.84. The number of ketones is 1. The van der Waals surface area contributed by atoms with Gasteiger partial charge in [-0.1, -0.05) is 6.92 Å². The van der Waals surface area contributed by atoms with Crippen LogP contribution in [0.4, 0.5) is 5.69 Å². The lowest BCUT2D eigenvalue weighted by Crippen LogP contribution is -2.35. The first-order valence-electron chi connectivity index (χ1n) is 6.80. The molecule has 2 atom stereocenters. The third-order valence-corrected chi connectivity index (χ3v) is 3.57. The summed E-state index contributed by atoms with van der Waals surface area (Å²) in [6.45, 7) is 1.65. The zero-order valence-electron chi connectivity index (χ0n) is 12.5. The minimum atomic E-state index is -1.24. The highest BCUT2D eigenvalue weighted by molar-refractivity contribution is 6.03. The van der Waals surface area contributed by atoms with Crippen molar-refractivity contribution in [2.24, 2.45) is 17.6 Å². The minimum absolute atomic E-state index is 0.171. The number of benzene rings is 1. The van der Waals surface area contributed by atoms with Crippen molar-refractivity contribution in [3.8, 4) is 5.75 Å². The van der Waals surface area contributed by atoms with Gasteiger partial charge in [-0.2, -0.15) is 0 Å². The van der Waals surface area contributed by atoms with Crippen LogP contribution in [0, 0.1) is 11.8 Å². The molecule has 0 aliphatic heterocycles. The number of carboxylic acid groups (broad SMARTS) is 1. The Morgan fingerprint density at radius 2 is 1.91 bits per heavy atom. The average Bonchev–Trinajstić information content (AvgIpc) is 2.46. The maximum absolute atomic E-state index is 12.3. The molecule has 0 saturated heterocycles. The monoisotopic (exact) mass is 308 g/mol. The largest absolute Gasteiger partial charge is 0.497 e. The third-order valence-electron chi connectivity index (χ3n) is 3.57. The summed E-state index contributed by atoms with van der Waals surface area (Å²) in [4.78, 5) is 35.1. The zero-order valence-corrected chi connectivity index (χ0v) is 12.5. The fraction of sp³-hybridized carbons (Fsp3) is 0.400. The van der Waals surface area contributed by atoms with Gasteiger partial charge >= 0.3 is 5.97 Å². The van der Waals surface area contributed by atoms with Gasteiger partial charge in [-0.05, 0) is 24.6 Å². The first-order chi connectivity index (χ1) is 10.3. The Kier molecular flexibility index (Phi) is 5.91. The van der Waals surface area contributed by atoms with Gasteiger partial charge in [0, 0.05) is 17.7 Å². The Morgan fingerprint density at radius 1 is 1.27 bits per heavy atom. The molecule has 0 heterocycles. The molecule has 1 amide bonds. The lowest BCUT2D eigenvalue weighted by Gasteiger charge is -2.19. The van der Waals surface area contributed by atoms with Crippen LogP contribution in [-0.4, -0.2) is 29.9 Å². The number of nitrogens with two attached hydrogens (primary N) is 2. The molecule has 22 heavy (non-hydrogen) atoms. The van der Waals surface area contributed by atoms with Gasteiger partial charge in [-0.25, -0.2) is 0 Å². The molecule has 1 rings (SSSR count). The van der Waals surface area contributed by atoms with Crippen molar-refractivity contribution in [2.45, 2.75) is 19.8 Å². The molecule has 7 nitrogen and oxygen atoms in total. The number of Topliss-reactive ketones (excluding diaryl/α,β-unsaturated/α-hetero) is 1. The van der Waals surface area contributed by atoms with Gasteiger partial charge < -0.3 is 21.3 Å². The molecule has 120 valence electrons. The number of hydrogen-bond acceptors (Lipinski definition) is 5. The minimum Gasteiger partial charge on any atom is -0.497 e. The first-order valence-corrected chi connectivity index (χ1v) is 6.80. The highest BCUT2D eigenvalue weighted by Crippen LogP contribution is 2.26. The SMILES string of the molecule is CCC(C(N)=O)C(CC(=O)c1cc(OC)ccc1N)C(=O)O. The van der Waals surface area contributed by atoms with Gasteiger partial charge in [-0.15, -0.1) is 0 Å². The smallest absolute Gasteiger partial charge is 0.307 e. The number of primary amides is 1. The molecule has 7 heteroatoms. The van der Waals surface area contributed by atoms with E-state index in [4.69, 9.17) is 16.2 Å². The van der Waals surface area contributed by atoms with Crippen molar-refractivity contribution in [2.75, 3.05) is 12.8 Å². The van der Waals surface area contributed by atoms with Crippen LogP contribution in [0.25, 0.3) is 0 Å². The van der Waals surface area contributed by atoms with Gasteiger partial charge in [0.1, 0.15) is 5.75 Å². The Hall–Kier alpha value is -2.57. The molecule has 0 aliphatic rings. The number of carboxylic acids is 1. The zero-order chi connectivity index (χ0) is 16.9. The van der Waals surface area contributed by atoms with E-state index < -0.39 is 29.5 Å². The first kappa shape index (κ1) is 17.5. The average molecular weight is 308 g/mol. The number of methoxy groups -OCH3 is 1. The molecular weight excluding hydrogens is 288 g/mol. The molecule has 0 spiro atoms. The predicted octanol–water partition coefficient (Wildman–Crippen LogP) is 1.06. The Bertz CT molecular complexity index is 585. The molecule has 0 bridgehead atoms. The van der Waals surface area contributed by atoms with Crippen LogP contribution in [0.3, 0.4) is 0 Å². The van der Waals surface area contributed by atoms with Crippen molar-refractivity contribution in [3.63, 3.8) is 0 Å². The molecular formula is C15H20N2O5. The number of carbonyl (C=O) groups excluding carboxylic acids is 2. The summed E-state index contributed by atoms with van der Waals surface area (Å²) in [5.41, 5.74) is 11.4. The Labute approximate surface area is 128 Å². The van der Waals surface area contributed by atoms with E-state index in [2.05, 4.69) is 0 Å². The topological polar surface area (TPSA) is 133 Å². The molecule has 5 N–H and O–H groups in total. The van der Waals surface area contributed by atoms with Crippen molar-refractivity contribution in [1.82, 2.24) is 0 Å². The summed E-state index contributed by atoms with van der Waals surface area (Å²) < 4.78 is 5.02. The second-order valence-electron chi connectivity index (χ2n) is 4.94.